The summed E-state index contributed by atoms with van der Waals surface area (Å²) in [5.74, 6) is -2.49. The van der Waals surface area contributed by atoms with Gasteiger partial charge in [0, 0.05) is 19.5 Å². The largest absolute Gasteiger partial charge is 0.370 e. The second-order valence-corrected chi connectivity index (χ2v) is 13.0. The lowest BCUT2D eigenvalue weighted by molar-refractivity contribution is -0.135. The van der Waals surface area contributed by atoms with Crippen molar-refractivity contribution < 1.29 is 24.0 Å². The number of carbonyl (C=O) groups is 5. The SMILES string of the molecule is CC(C)CC1NC(=O)C(CC(C)C)NC(=O)[C@H](Cc2ccccc2)NC(=O)[C@@H](N)CCCCNC(=O)C(CCCN=C(N)N)NC1=O. The monoisotopic (exact) mass is 657 g/mol. The van der Waals surface area contributed by atoms with E-state index >= 15 is 0 Å². The molecule has 0 radical (unpaired) electrons. The summed E-state index contributed by atoms with van der Waals surface area (Å²) in [5, 5.41) is 14.1. The molecular weight excluding hydrogens is 602 g/mol. The van der Waals surface area contributed by atoms with Crippen LogP contribution in [0.1, 0.15) is 78.2 Å². The molecule has 14 nitrogen and oxygen atoms in total. The van der Waals surface area contributed by atoms with Gasteiger partial charge in [0.25, 0.3) is 0 Å². The highest BCUT2D eigenvalue weighted by molar-refractivity contribution is 5.96. The number of nitrogens with two attached hydrogens (primary N) is 3. The zero-order chi connectivity index (χ0) is 34.9. The van der Waals surface area contributed by atoms with E-state index in [4.69, 9.17) is 17.2 Å². The molecule has 2 rings (SSSR count). The summed E-state index contributed by atoms with van der Waals surface area (Å²) in [7, 11) is 0. The van der Waals surface area contributed by atoms with Crippen molar-refractivity contribution in [2.45, 2.75) is 109 Å². The lowest BCUT2D eigenvalue weighted by Gasteiger charge is -2.28. The van der Waals surface area contributed by atoms with Crippen molar-refractivity contribution in [3.05, 3.63) is 35.9 Å². The smallest absolute Gasteiger partial charge is 0.243 e. The molecule has 0 bridgehead atoms. The van der Waals surface area contributed by atoms with Gasteiger partial charge in [0.05, 0.1) is 6.04 Å². The number of nitrogens with one attached hydrogen (secondary N) is 5. The van der Waals surface area contributed by atoms with Crippen LogP contribution in [0.5, 0.6) is 0 Å². The number of guanidine groups is 1. The number of benzene rings is 1. The Morgan fingerprint density at radius 3 is 1.83 bits per heavy atom. The van der Waals surface area contributed by atoms with E-state index in [1.54, 1.807) is 0 Å². The number of nitrogens with zero attached hydrogens (tertiary/aromatic N) is 1. The fraction of sp³-hybridized carbons (Fsp3) is 0.636. The van der Waals surface area contributed by atoms with Gasteiger partial charge in [0.2, 0.25) is 29.5 Å². The van der Waals surface area contributed by atoms with Gasteiger partial charge in [-0.25, -0.2) is 0 Å². The van der Waals surface area contributed by atoms with Crippen LogP contribution in [-0.4, -0.2) is 78.8 Å². The second kappa shape index (κ2) is 20.1. The Balaban J connectivity index is 2.41. The van der Waals surface area contributed by atoms with Crippen LogP contribution in [0.3, 0.4) is 0 Å². The van der Waals surface area contributed by atoms with Crippen LogP contribution >= 0.6 is 0 Å². The predicted molar refractivity (Wildman–Crippen MR) is 182 cm³/mol. The van der Waals surface area contributed by atoms with E-state index < -0.39 is 53.8 Å². The van der Waals surface area contributed by atoms with Crippen molar-refractivity contribution in [2.75, 3.05) is 13.1 Å². The van der Waals surface area contributed by atoms with E-state index in [0.717, 1.165) is 5.56 Å². The molecule has 14 heteroatoms. The molecule has 1 aliphatic heterocycles. The van der Waals surface area contributed by atoms with Crippen LogP contribution in [-0.2, 0) is 30.4 Å². The Morgan fingerprint density at radius 2 is 1.28 bits per heavy atom. The summed E-state index contributed by atoms with van der Waals surface area (Å²) in [4.78, 5) is 71.4. The molecule has 11 N–H and O–H groups in total. The quantitative estimate of drug-likeness (QED) is 0.0962. The molecule has 1 aliphatic rings. The summed E-state index contributed by atoms with van der Waals surface area (Å²) < 4.78 is 0. The van der Waals surface area contributed by atoms with Crippen molar-refractivity contribution in [2.24, 2.45) is 34.0 Å². The molecule has 5 amide bonds. The van der Waals surface area contributed by atoms with E-state index in [0.29, 0.717) is 38.6 Å². The van der Waals surface area contributed by atoms with Crippen LogP contribution in [0.25, 0.3) is 0 Å². The standard InChI is InChI=1S/C33H55N9O5/c1-20(2)17-25-30(45)39-24(14-10-16-38-33(35)36)29(44)37-15-9-8-13-23(34)28(43)40-27(19-22-11-6-5-7-12-22)32(47)42-26(18-21(3)4)31(46)41-25/h5-7,11-12,20-21,23-27H,8-10,13-19,34H2,1-4H3,(H,37,44)(H,39,45)(H,40,43)(H,41,46)(H,42,47)(H4,35,36,38)/t23-,24?,25?,26?,27-/m0/s1. The third-order valence-corrected chi connectivity index (χ3v) is 7.75. The molecule has 1 aromatic rings. The number of rotatable bonds is 10. The van der Waals surface area contributed by atoms with Gasteiger partial charge in [-0.05, 0) is 62.3 Å². The zero-order valence-electron chi connectivity index (χ0n) is 28.2. The van der Waals surface area contributed by atoms with Crippen LogP contribution < -0.4 is 43.8 Å². The minimum Gasteiger partial charge on any atom is -0.370 e. The average Bonchev–Trinajstić information content (AvgIpc) is 3.00. The minimum absolute atomic E-state index is 0.0129. The Bertz CT molecular complexity index is 1200. The highest BCUT2D eigenvalue weighted by atomic mass is 16.2. The Kier molecular flexibility index (Phi) is 16.7. The molecule has 3 unspecified atom stereocenters. The van der Waals surface area contributed by atoms with Gasteiger partial charge < -0.3 is 43.8 Å². The normalized spacial score (nSPS) is 24.1. The second-order valence-electron chi connectivity index (χ2n) is 13.0. The van der Waals surface area contributed by atoms with Gasteiger partial charge >= 0.3 is 0 Å². The summed E-state index contributed by atoms with van der Waals surface area (Å²) in [6.07, 6.45) is 2.87. The maximum absolute atomic E-state index is 13.7. The van der Waals surface area contributed by atoms with Crippen molar-refractivity contribution >= 4 is 35.5 Å². The predicted octanol–water partition coefficient (Wildman–Crippen LogP) is -0.0585. The first-order valence-electron chi connectivity index (χ1n) is 16.6. The number of hydrogen-bond donors (Lipinski definition) is 8. The summed E-state index contributed by atoms with van der Waals surface area (Å²) in [6, 6.07) is 4.50. The molecule has 1 saturated heterocycles. The molecule has 1 aromatic carbocycles. The number of hydrogen-bond acceptors (Lipinski definition) is 7. The summed E-state index contributed by atoms with van der Waals surface area (Å²) in [5.41, 5.74) is 17.9. The van der Waals surface area contributed by atoms with Crippen LogP contribution in [0.15, 0.2) is 35.3 Å². The van der Waals surface area contributed by atoms with Crippen LogP contribution in [0.4, 0.5) is 0 Å². The molecule has 262 valence electrons. The zero-order valence-corrected chi connectivity index (χ0v) is 28.2. The van der Waals surface area contributed by atoms with Crippen molar-refractivity contribution in [3.8, 4) is 0 Å². The van der Waals surface area contributed by atoms with Crippen molar-refractivity contribution in [1.82, 2.24) is 26.6 Å². The van der Waals surface area contributed by atoms with E-state index in [-0.39, 0.29) is 49.5 Å². The van der Waals surface area contributed by atoms with Crippen LogP contribution in [0.2, 0.25) is 0 Å². The highest BCUT2D eigenvalue weighted by Crippen LogP contribution is 2.12. The fourth-order valence-electron chi connectivity index (χ4n) is 5.29. The van der Waals surface area contributed by atoms with Gasteiger partial charge in [-0.3, -0.25) is 29.0 Å². The molecule has 5 atom stereocenters. The van der Waals surface area contributed by atoms with E-state index in [1.807, 2.05) is 58.0 Å². The average molecular weight is 658 g/mol. The molecule has 0 saturated carbocycles. The molecule has 1 fully saturated rings. The molecule has 0 aromatic heterocycles. The van der Waals surface area contributed by atoms with Gasteiger partial charge in [-0.15, -0.1) is 0 Å². The summed E-state index contributed by atoms with van der Waals surface area (Å²) >= 11 is 0. The maximum Gasteiger partial charge on any atom is 0.243 e. The Labute approximate surface area is 278 Å². The Hall–Kier alpha value is -4.20. The van der Waals surface area contributed by atoms with Crippen molar-refractivity contribution in [3.63, 3.8) is 0 Å². The first kappa shape index (κ1) is 39.0. The minimum atomic E-state index is -0.991. The van der Waals surface area contributed by atoms with E-state index in [2.05, 4.69) is 31.6 Å². The first-order chi connectivity index (χ1) is 22.3. The first-order valence-corrected chi connectivity index (χ1v) is 16.6. The van der Waals surface area contributed by atoms with Gasteiger partial charge in [0.1, 0.15) is 24.2 Å². The fourth-order valence-corrected chi connectivity index (χ4v) is 5.29. The molecule has 47 heavy (non-hydrogen) atoms. The van der Waals surface area contributed by atoms with Gasteiger partial charge in [0.15, 0.2) is 5.96 Å². The van der Waals surface area contributed by atoms with Gasteiger partial charge in [-0.2, -0.15) is 0 Å². The van der Waals surface area contributed by atoms with Crippen molar-refractivity contribution in [1.29, 1.82) is 0 Å². The number of carbonyl (C=O) groups excluding carboxylic acids is 5. The topological polar surface area (TPSA) is 236 Å². The maximum atomic E-state index is 13.7. The molecule has 1 heterocycles. The summed E-state index contributed by atoms with van der Waals surface area (Å²) in [6.45, 7) is 8.25. The molecular formula is C33H55N9O5. The van der Waals surface area contributed by atoms with Crippen LogP contribution in [0, 0.1) is 11.8 Å². The number of aliphatic imine (C=N–C) groups is 1. The third-order valence-electron chi connectivity index (χ3n) is 7.75. The van der Waals surface area contributed by atoms with E-state index in [1.165, 1.54) is 0 Å². The van der Waals surface area contributed by atoms with Gasteiger partial charge in [-0.1, -0.05) is 58.0 Å². The third kappa shape index (κ3) is 14.8. The van der Waals surface area contributed by atoms with E-state index in [9.17, 15) is 24.0 Å². The number of amides is 5. The molecule has 0 aliphatic carbocycles. The highest BCUT2D eigenvalue weighted by Gasteiger charge is 2.32. The lowest BCUT2D eigenvalue weighted by atomic mass is 9.98. The molecule has 0 spiro atoms. The lowest BCUT2D eigenvalue weighted by Crippen LogP contribution is -2.59. The Morgan fingerprint density at radius 1 is 0.745 bits per heavy atom.